The zero-order valence-corrected chi connectivity index (χ0v) is 12.4. The summed E-state index contributed by atoms with van der Waals surface area (Å²) in [6.07, 6.45) is 4.53. The molecule has 3 N–H and O–H groups in total. The van der Waals surface area contributed by atoms with Crippen molar-refractivity contribution in [3.8, 4) is 0 Å². The summed E-state index contributed by atoms with van der Waals surface area (Å²) in [5.74, 6) is -0.973. The van der Waals surface area contributed by atoms with E-state index in [-0.39, 0.29) is 0 Å². The predicted octanol–water partition coefficient (Wildman–Crippen LogP) is 3.64. The van der Waals surface area contributed by atoms with E-state index in [1.165, 1.54) is 0 Å². The molecule has 5 nitrogen and oxygen atoms in total. The second-order valence-corrected chi connectivity index (χ2v) is 5.77. The molecule has 114 valence electrons. The molecule has 0 radical (unpaired) electrons. The van der Waals surface area contributed by atoms with Gasteiger partial charge in [-0.2, -0.15) is 0 Å². The summed E-state index contributed by atoms with van der Waals surface area (Å²) in [5, 5.41) is 15.2. The van der Waals surface area contributed by atoms with Gasteiger partial charge >= 0.3 is 12.0 Å². The number of para-hydroxylation sites is 1. The molecule has 0 aliphatic heterocycles. The molecule has 0 spiro atoms. The highest BCUT2D eigenvalue weighted by Gasteiger charge is 2.40. The lowest BCUT2D eigenvalue weighted by atomic mass is 9.90. The van der Waals surface area contributed by atoms with Crippen LogP contribution in [-0.4, -0.2) is 22.6 Å². The Kier molecular flexibility index (Phi) is 5.07. The first-order valence-corrected chi connectivity index (χ1v) is 7.48. The number of hydrogen-bond donors (Lipinski definition) is 3. The van der Waals surface area contributed by atoms with Gasteiger partial charge in [-0.1, -0.05) is 49.4 Å². The van der Waals surface area contributed by atoms with Gasteiger partial charge in [-0.25, -0.2) is 9.59 Å². The Balaban J connectivity index is 2.08. The Morgan fingerprint density at radius 1 is 1.10 bits per heavy atom. The van der Waals surface area contributed by atoms with Crippen LogP contribution in [0.15, 0.2) is 24.3 Å². The van der Waals surface area contributed by atoms with Gasteiger partial charge in [-0.3, -0.25) is 0 Å². The number of anilines is 1. The van der Waals surface area contributed by atoms with E-state index in [9.17, 15) is 14.7 Å². The van der Waals surface area contributed by atoms with Crippen LogP contribution in [0.1, 0.15) is 38.5 Å². The Morgan fingerprint density at radius 3 is 2.29 bits per heavy atom. The normalized spacial score (nSPS) is 17.6. The fourth-order valence-corrected chi connectivity index (χ4v) is 2.84. The summed E-state index contributed by atoms with van der Waals surface area (Å²) in [6, 6.07) is 6.31. The van der Waals surface area contributed by atoms with Gasteiger partial charge in [0, 0.05) is 0 Å². The number of urea groups is 1. The van der Waals surface area contributed by atoms with Gasteiger partial charge in [0.15, 0.2) is 0 Å². The number of benzene rings is 1. The predicted molar refractivity (Wildman–Crippen MR) is 81.7 cm³/mol. The van der Waals surface area contributed by atoms with Crippen molar-refractivity contribution in [3.05, 3.63) is 29.3 Å². The first-order valence-electron chi connectivity index (χ1n) is 7.11. The van der Waals surface area contributed by atoms with E-state index in [2.05, 4.69) is 10.6 Å². The third-order valence-corrected chi connectivity index (χ3v) is 4.17. The SMILES string of the molecule is O=C(Nc1ccccc1Cl)NC1(C(=O)O)CCCCCC1. The summed E-state index contributed by atoms with van der Waals surface area (Å²) in [4.78, 5) is 23.7. The molecule has 1 aromatic carbocycles. The van der Waals surface area contributed by atoms with E-state index in [0.717, 1.165) is 25.7 Å². The quantitative estimate of drug-likeness (QED) is 0.746. The van der Waals surface area contributed by atoms with Crippen LogP contribution in [-0.2, 0) is 4.79 Å². The molecule has 1 aliphatic carbocycles. The number of rotatable bonds is 3. The van der Waals surface area contributed by atoms with Crippen LogP contribution in [0.5, 0.6) is 0 Å². The highest BCUT2D eigenvalue weighted by Crippen LogP contribution is 2.28. The van der Waals surface area contributed by atoms with E-state index in [1.807, 2.05) is 0 Å². The van der Waals surface area contributed by atoms with E-state index < -0.39 is 17.5 Å². The Hall–Kier alpha value is -1.75. The molecule has 1 saturated carbocycles. The molecular formula is C15H19ClN2O3. The number of carbonyl (C=O) groups excluding carboxylic acids is 1. The number of amides is 2. The lowest BCUT2D eigenvalue weighted by Crippen LogP contribution is -2.55. The van der Waals surface area contributed by atoms with E-state index in [1.54, 1.807) is 24.3 Å². The van der Waals surface area contributed by atoms with Gasteiger partial charge in [0.05, 0.1) is 10.7 Å². The Labute approximate surface area is 128 Å². The van der Waals surface area contributed by atoms with Crippen molar-refractivity contribution in [2.45, 2.75) is 44.1 Å². The molecule has 0 saturated heterocycles. The number of nitrogens with one attached hydrogen (secondary N) is 2. The van der Waals surface area contributed by atoms with Crippen molar-refractivity contribution in [2.75, 3.05) is 5.32 Å². The second-order valence-electron chi connectivity index (χ2n) is 5.36. The molecule has 1 fully saturated rings. The van der Waals surface area contributed by atoms with Gasteiger partial charge in [0.1, 0.15) is 5.54 Å². The maximum atomic E-state index is 12.1. The molecular weight excluding hydrogens is 292 g/mol. The third-order valence-electron chi connectivity index (χ3n) is 3.84. The Bertz CT molecular complexity index is 525. The van der Waals surface area contributed by atoms with E-state index in [4.69, 9.17) is 11.6 Å². The van der Waals surface area contributed by atoms with Crippen LogP contribution in [0.4, 0.5) is 10.5 Å². The summed E-state index contributed by atoms with van der Waals surface area (Å²) in [6.45, 7) is 0. The maximum absolute atomic E-state index is 12.1. The number of carboxylic acid groups (broad SMARTS) is 1. The molecule has 2 rings (SSSR count). The van der Waals surface area contributed by atoms with Gasteiger partial charge < -0.3 is 15.7 Å². The number of hydrogen-bond acceptors (Lipinski definition) is 2. The monoisotopic (exact) mass is 310 g/mol. The molecule has 0 heterocycles. The van der Waals surface area contributed by atoms with Crippen LogP contribution >= 0.6 is 11.6 Å². The highest BCUT2D eigenvalue weighted by molar-refractivity contribution is 6.33. The zero-order valence-electron chi connectivity index (χ0n) is 11.7. The summed E-state index contributed by atoms with van der Waals surface area (Å²) < 4.78 is 0. The van der Waals surface area contributed by atoms with E-state index in [0.29, 0.717) is 23.6 Å². The topological polar surface area (TPSA) is 78.4 Å². The maximum Gasteiger partial charge on any atom is 0.329 e. The molecule has 0 atom stereocenters. The fraction of sp³-hybridized carbons (Fsp3) is 0.467. The van der Waals surface area contributed by atoms with Crippen LogP contribution < -0.4 is 10.6 Å². The minimum absolute atomic E-state index is 0.415. The average Bonchev–Trinajstić information content (AvgIpc) is 2.68. The van der Waals surface area contributed by atoms with Gasteiger partial charge in [0.2, 0.25) is 0 Å². The van der Waals surface area contributed by atoms with Crippen LogP contribution in [0.3, 0.4) is 0 Å². The molecule has 21 heavy (non-hydrogen) atoms. The number of aliphatic carboxylic acids is 1. The van der Waals surface area contributed by atoms with Crippen molar-refractivity contribution in [1.82, 2.24) is 5.32 Å². The molecule has 6 heteroatoms. The summed E-state index contributed by atoms with van der Waals surface area (Å²) >= 11 is 5.98. The molecule has 0 bridgehead atoms. The third kappa shape index (κ3) is 3.88. The standard InChI is InChI=1S/C15H19ClN2O3/c16-11-7-3-4-8-12(11)17-14(21)18-15(13(19)20)9-5-1-2-6-10-15/h3-4,7-8H,1-2,5-6,9-10H2,(H,19,20)(H2,17,18,21). The van der Waals surface area contributed by atoms with Gasteiger partial charge in [-0.15, -0.1) is 0 Å². The highest BCUT2D eigenvalue weighted by atomic mass is 35.5. The number of carbonyl (C=O) groups is 2. The molecule has 1 aliphatic rings. The molecule has 2 amide bonds. The minimum Gasteiger partial charge on any atom is -0.480 e. The zero-order chi connectivity index (χ0) is 15.3. The van der Waals surface area contributed by atoms with Crippen LogP contribution in [0, 0.1) is 0 Å². The van der Waals surface area contributed by atoms with Crippen molar-refractivity contribution in [3.63, 3.8) is 0 Å². The van der Waals surface area contributed by atoms with Crippen LogP contribution in [0.2, 0.25) is 5.02 Å². The first kappa shape index (κ1) is 15.6. The van der Waals surface area contributed by atoms with Gasteiger partial charge in [-0.05, 0) is 25.0 Å². The smallest absolute Gasteiger partial charge is 0.329 e. The first-order chi connectivity index (χ1) is 10.0. The largest absolute Gasteiger partial charge is 0.480 e. The van der Waals surface area contributed by atoms with Gasteiger partial charge in [0.25, 0.3) is 0 Å². The fourth-order valence-electron chi connectivity index (χ4n) is 2.66. The lowest BCUT2D eigenvalue weighted by Gasteiger charge is -2.29. The average molecular weight is 311 g/mol. The van der Waals surface area contributed by atoms with Crippen molar-refractivity contribution < 1.29 is 14.7 Å². The number of halogens is 1. The van der Waals surface area contributed by atoms with Crippen molar-refractivity contribution in [1.29, 1.82) is 0 Å². The van der Waals surface area contributed by atoms with Crippen molar-refractivity contribution in [2.24, 2.45) is 0 Å². The van der Waals surface area contributed by atoms with E-state index >= 15 is 0 Å². The molecule has 0 unspecified atom stereocenters. The van der Waals surface area contributed by atoms with Crippen LogP contribution in [0.25, 0.3) is 0 Å². The second kappa shape index (κ2) is 6.80. The number of carboxylic acids is 1. The summed E-state index contributed by atoms with van der Waals surface area (Å²) in [5.41, 5.74) is -0.715. The molecule has 1 aromatic rings. The van der Waals surface area contributed by atoms with Crippen molar-refractivity contribution >= 4 is 29.3 Å². The Morgan fingerprint density at radius 2 is 1.71 bits per heavy atom. The lowest BCUT2D eigenvalue weighted by molar-refractivity contribution is -0.145. The molecule has 0 aromatic heterocycles. The minimum atomic E-state index is -1.18. The summed E-state index contributed by atoms with van der Waals surface area (Å²) in [7, 11) is 0.